The fraction of sp³-hybridized carbons (Fsp3) is 0.489. The molecule has 344 valence electrons. The van der Waals surface area contributed by atoms with E-state index in [0.717, 1.165) is 0 Å². The molecule has 1 saturated heterocycles. The van der Waals surface area contributed by atoms with E-state index in [4.69, 9.17) is 18.9 Å². The number of benzene rings is 3. The van der Waals surface area contributed by atoms with Gasteiger partial charge in [0.15, 0.2) is 23.6 Å². The average molecular weight is 890 g/mol. The predicted molar refractivity (Wildman–Crippen MR) is 224 cm³/mol. The predicted octanol–water partition coefficient (Wildman–Crippen LogP) is 2.69. The lowest BCUT2D eigenvalue weighted by atomic mass is 9.72. The van der Waals surface area contributed by atoms with Crippen molar-refractivity contribution >= 4 is 35.0 Å². The van der Waals surface area contributed by atoms with Crippen molar-refractivity contribution in [2.45, 2.75) is 109 Å². The molecule has 0 saturated carbocycles. The number of hydrogen-bond donors (Lipinski definition) is 7. The number of esters is 1. The minimum Gasteiger partial charge on any atom is -0.507 e. The molecule has 4 unspecified atom stereocenters. The maximum absolute atomic E-state index is 14.0. The number of rotatable bonds is 17. The van der Waals surface area contributed by atoms with E-state index in [9.17, 15) is 59.4 Å². The zero-order valence-corrected chi connectivity index (χ0v) is 36.3. The summed E-state index contributed by atoms with van der Waals surface area (Å²) >= 11 is 0. The number of carbonyl (C=O) groups is 6. The third-order valence-corrected chi connectivity index (χ3v) is 12.2. The smallest absolute Gasteiger partial charge is 0.306 e. The topological polar surface area (TPSA) is 273 Å². The Morgan fingerprint density at radius 3 is 2.25 bits per heavy atom. The highest BCUT2D eigenvalue weighted by Crippen LogP contribution is 2.52. The molecule has 3 aromatic rings. The summed E-state index contributed by atoms with van der Waals surface area (Å²) in [7, 11) is 1.30. The lowest BCUT2D eigenvalue weighted by molar-refractivity contribution is -0.257. The summed E-state index contributed by atoms with van der Waals surface area (Å²) < 4.78 is 23.1. The summed E-state index contributed by atoms with van der Waals surface area (Å²) in [4.78, 5) is 79.6. The van der Waals surface area contributed by atoms with Gasteiger partial charge in [-0.25, -0.2) is 0 Å². The average Bonchev–Trinajstić information content (AvgIpc) is 3.26. The number of aliphatic hydroxyl groups is 4. The van der Waals surface area contributed by atoms with Gasteiger partial charge >= 0.3 is 5.97 Å². The highest BCUT2D eigenvalue weighted by atomic mass is 16.7. The third-order valence-electron chi connectivity index (χ3n) is 12.2. The molecule has 3 aromatic carbocycles. The minimum atomic E-state index is -2.36. The number of hydrogen-bond acceptors (Lipinski definition) is 16. The number of ketones is 4. The van der Waals surface area contributed by atoms with E-state index in [1.807, 2.05) is 13.8 Å². The first-order valence-corrected chi connectivity index (χ1v) is 21.2. The lowest BCUT2D eigenvalue weighted by Crippen LogP contribution is -2.49. The van der Waals surface area contributed by atoms with Gasteiger partial charge in [0.05, 0.1) is 67.1 Å². The number of carbonyl (C=O) groups excluding carboxylic acids is 6. The van der Waals surface area contributed by atoms with E-state index in [2.05, 4.69) is 5.32 Å². The van der Waals surface area contributed by atoms with Crippen molar-refractivity contribution in [1.82, 2.24) is 5.32 Å². The van der Waals surface area contributed by atoms with E-state index in [0.29, 0.717) is 17.5 Å². The summed E-state index contributed by atoms with van der Waals surface area (Å²) in [5, 5.41) is 68.0. The number of fused-ring (bicyclic) bond motifs is 3. The molecule has 1 amide bonds. The fourth-order valence-corrected chi connectivity index (χ4v) is 8.67. The summed E-state index contributed by atoms with van der Waals surface area (Å²) in [5.41, 5.74) is -2.85. The first kappa shape index (κ1) is 47.9. The van der Waals surface area contributed by atoms with Crippen LogP contribution in [-0.2, 0) is 52.8 Å². The summed E-state index contributed by atoms with van der Waals surface area (Å²) in [6, 6.07) is 10.4. The monoisotopic (exact) mass is 889 g/mol. The number of aromatic hydroxyl groups is 2. The number of nitrogens with one attached hydrogen (secondary N) is 1. The van der Waals surface area contributed by atoms with E-state index >= 15 is 0 Å². The molecular weight excluding hydrogens is 835 g/mol. The lowest BCUT2D eigenvalue weighted by Gasteiger charge is -2.42. The van der Waals surface area contributed by atoms with E-state index < -0.39 is 119 Å². The molecule has 17 nitrogen and oxygen atoms in total. The molecule has 8 atom stereocenters. The molecule has 6 rings (SSSR count). The Balaban J connectivity index is 1.16. The van der Waals surface area contributed by atoms with Gasteiger partial charge in [-0.2, -0.15) is 0 Å². The minimum absolute atomic E-state index is 0.0440. The molecule has 17 heteroatoms. The van der Waals surface area contributed by atoms with Gasteiger partial charge in [-0.3, -0.25) is 28.8 Å². The van der Waals surface area contributed by atoms with Crippen LogP contribution in [0, 0.1) is 17.8 Å². The zero-order valence-electron chi connectivity index (χ0n) is 36.3. The molecule has 64 heavy (non-hydrogen) atoms. The van der Waals surface area contributed by atoms with Crippen LogP contribution in [0.1, 0.15) is 114 Å². The molecule has 0 aromatic heterocycles. The van der Waals surface area contributed by atoms with Crippen molar-refractivity contribution in [1.29, 1.82) is 0 Å². The Morgan fingerprint density at radius 2 is 1.61 bits per heavy atom. The molecule has 0 radical (unpaired) electrons. The molecule has 7 N–H and O–H groups in total. The van der Waals surface area contributed by atoms with Gasteiger partial charge in [-0.05, 0) is 36.5 Å². The van der Waals surface area contributed by atoms with E-state index in [1.54, 1.807) is 31.2 Å². The van der Waals surface area contributed by atoms with Crippen molar-refractivity contribution in [2.75, 3.05) is 20.3 Å². The molecular formula is C47H55NO16. The number of methoxy groups -OCH3 is 1. The van der Waals surface area contributed by atoms with Gasteiger partial charge in [0.2, 0.25) is 11.7 Å². The number of phenols is 2. The highest BCUT2D eigenvalue weighted by molar-refractivity contribution is 6.31. The molecule has 3 aliphatic rings. The number of aliphatic hydroxyl groups excluding tert-OH is 3. The maximum Gasteiger partial charge on any atom is 0.306 e. The zero-order chi connectivity index (χ0) is 46.8. The van der Waals surface area contributed by atoms with Crippen LogP contribution in [0.5, 0.6) is 17.2 Å². The van der Waals surface area contributed by atoms with Crippen LogP contribution in [0.3, 0.4) is 0 Å². The number of ether oxygens (including phenoxy) is 4. The third kappa shape index (κ3) is 9.74. The van der Waals surface area contributed by atoms with Gasteiger partial charge in [0.1, 0.15) is 36.1 Å². The summed E-state index contributed by atoms with van der Waals surface area (Å²) in [6.45, 7) is 5.42. The van der Waals surface area contributed by atoms with Crippen LogP contribution < -0.4 is 10.1 Å². The first-order chi connectivity index (χ1) is 30.3. The normalized spacial score (nSPS) is 23.6. The second-order valence-corrected chi connectivity index (χ2v) is 17.4. The second-order valence-electron chi connectivity index (χ2n) is 17.4. The van der Waals surface area contributed by atoms with Crippen LogP contribution in [0.25, 0.3) is 0 Å². The fourth-order valence-electron chi connectivity index (χ4n) is 8.67. The van der Waals surface area contributed by atoms with Gasteiger partial charge in [0, 0.05) is 48.3 Å². The quantitative estimate of drug-likeness (QED) is 0.0593. The Kier molecular flexibility index (Phi) is 14.7. The standard InChI is InChI=1S/C47H55NO16/c1-22(2)13-30(48-46(59)23(3)19-49)31(51)14-25-9-11-26(12-10-25)21-62-35(53)15-27-16-36(63-24(4)41(27)54)64-33-18-47(60,34(52)20-50)17-29-38(33)45(58)40-39(43(29)56)42(55)28-7-6-8-32(61-5)37(28)44(40)57/h6-12,22-24,27,30,33,36,41,49-50,54,56,58,60H,13-21H2,1-5H3,(H,48,59)/t23?,24-,27+,30?,33?,36-,41?,47-/m0/s1. The summed E-state index contributed by atoms with van der Waals surface area (Å²) in [5.74, 6) is -6.74. The van der Waals surface area contributed by atoms with Crippen LogP contribution in [0.2, 0.25) is 0 Å². The molecule has 2 aliphatic carbocycles. The SMILES string of the molecule is COc1cccc2c1C(=O)c1c(O)c3c(c(O)c1C2=O)C[C@@](O)(C(=O)CO)CC3O[C@H]1C[C@@H](CC(=O)OCc2ccc(CC(=O)C(CC(C)C)NC(=O)C(C)CO)cc2)C(O)[C@H](C)O1. The van der Waals surface area contributed by atoms with E-state index in [-0.39, 0.29) is 72.2 Å². The van der Waals surface area contributed by atoms with Gasteiger partial charge in [-0.1, -0.05) is 57.2 Å². The highest BCUT2D eigenvalue weighted by Gasteiger charge is 2.50. The number of amides is 1. The number of phenolic OH excluding ortho intramolecular Hbond substituents is 2. The Hall–Kier alpha value is -5.56. The van der Waals surface area contributed by atoms with Crippen molar-refractivity contribution in [2.24, 2.45) is 17.8 Å². The first-order valence-electron chi connectivity index (χ1n) is 21.2. The molecule has 0 bridgehead atoms. The van der Waals surface area contributed by atoms with Crippen LogP contribution in [0.4, 0.5) is 0 Å². The van der Waals surface area contributed by atoms with E-state index in [1.165, 1.54) is 32.2 Å². The van der Waals surface area contributed by atoms with Gasteiger partial charge in [0.25, 0.3) is 0 Å². The van der Waals surface area contributed by atoms with Crippen molar-refractivity contribution in [3.63, 3.8) is 0 Å². The molecule has 1 aliphatic heterocycles. The Labute approximate surface area is 369 Å². The maximum atomic E-state index is 14.0. The number of Topliss-reactive ketones (excluding diaryl/α,β-unsaturated/α-hetero) is 2. The van der Waals surface area contributed by atoms with Crippen LogP contribution in [-0.4, -0.2) is 116 Å². The summed E-state index contributed by atoms with van der Waals surface area (Å²) in [6.07, 6.45) is -6.01. The van der Waals surface area contributed by atoms with Crippen LogP contribution in [0.15, 0.2) is 42.5 Å². The van der Waals surface area contributed by atoms with Crippen LogP contribution >= 0.6 is 0 Å². The Morgan fingerprint density at radius 1 is 0.938 bits per heavy atom. The second kappa shape index (κ2) is 19.7. The van der Waals surface area contributed by atoms with Crippen molar-refractivity contribution in [3.8, 4) is 17.2 Å². The molecule has 0 spiro atoms. The molecule has 1 heterocycles. The van der Waals surface area contributed by atoms with Crippen molar-refractivity contribution < 1.29 is 78.4 Å². The van der Waals surface area contributed by atoms with Crippen molar-refractivity contribution in [3.05, 3.63) is 87.0 Å². The van der Waals surface area contributed by atoms with Gasteiger partial charge in [-0.15, -0.1) is 0 Å². The Bertz CT molecular complexity index is 2310. The van der Waals surface area contributed by atoms with Gasteiger partial charge < -0.3 is 54.9 Å². The largest absolute Gasteiger partial charge is 0.507 e. The molecule has 1 fully saturated rings.